The summed E-state index contributed by atoms with van der Waals surface area (Å²) in [7, 11) is 0. The zero-order chi connectivity index (χ0) is 17.9. The van der Waals surface area contributed by atoms with E-state index in [1.807, 2.05) is 28.0 Å². The van der Waals surface area contributed by atoms with Gasteiger partial charge >= 0.3 is 0 Å². The van der Waals surface area contributed by atoms with Gasteiger partial charge in [0, 0.05) is 38.4 Å². The molecule has 0 bridgehead atoms. The zero-order valence-corrected chi connectivity index (χ0v) is 14.9. The summed E-state index contributed by atoms with van der Waals surface area (Å²) in [6, 6.07) is 8.06. The first-order valence-electron chi connectivity index (χ1n) is 9.31. The van der Waals surface area contributed by atoms with Crippen molar-refractivity contribution < 1.29 is 19.1 Å². The second-order valence-corrected chi connectivity index (χ2v) is 6.96. The Bertz CT molecular complexity index is 675. The molecule has 2 amide bonds. The fraction of sp³-hybridized carbons (Fsp3) is 0.579. The van der Waals surface area contributed by atoms with Crippen LogP contribution in [0, 0.1) is 0 Å². The van der Waals surface area contributed by atoms with Gasteiger partial charge in [-0.3, -0.25) is 14.5 Å². The smallest absolute Gasteiger partial charge is 0.253 e. The first kappa shape index (κ1) is 17.5. The lowest BCUT2D eigenvalue weighted by atomic mass is 10.2. The summed E-state index contributed by atoms with van der Waals surface area (Å²) in [4.78, 5) is 31.1. The Morgan fingerprint density at radius 2 is 1.85 bits per heavy atom. The fourth-order valence-electron chi connectivity index (χ4n) is 3.86. The minimum Gasteiger partial charge on any atom is -0.378 e. The van der Waals surface area contributed by atoms with E-state index in [1.54, 1.807) is 4.90 Å². The van der Waals surface area contributed by atoms with E-state index >= 15 is 0 Å². The highest BCUT2D eigenvalue weighted by atomic mass is 16.5. The molecule has 0 aromatic heterocycles. The van der Waals surface area contributed by atoms with Gasteiger partial charge in [0.2, 0.25) is 5.91 Å². The van der Waals surface area contributed by atoms with Crippen molar-refractivity contribution in [3.05, 3.63) is 29.8 Å². The van der Waals surface area contributed by atoms with Crippen molar-refractivity contribution in [3.63, 3.8) is 0 Å². The average molecular weight is 359 g/mol. The molecule has 1 atom stereocenters. The van der Waals surface area contributed by atoms with E-state index < -0.39 is 6.10 Å². The van der Waals surface area contributed by atoms with Gasteiger partial charge in [-0.25, -0.2) is 0 Å². The van der Waals surface area contributed by atoms with Crippen LogP contribution in [0.1, 0.15) is 5.56 Å². The van der Waals surface area contributed by atoms with E-state index in [9.17, 15) is 9.59 Å². The summed E-state index contributed by atoms with van der Waals surface area (Å²) in [6.07, 6.45) is 0.420. The zero-order valence-electron chi connectivity index (χ0n) is 14.9. The van der Waals surface area contributed by atoms with Crippen LogP contribution in [0.4, 0.5) is 5.69 Å². The molecular formula is C19H25N3O4. The van der Waals surface area contributed by atoms with Gasteiger partial charge in [-0.05, 0) is 18.1 Å². The summed E-state index contributed by atoms with van der Waals surface area (Å²) in [5.41, 5.74) is 2.25. The molecule has 3 heterocycles. The van der Waals surface area contributed by atoms with Gasteiger partial charge in [-0.2, -0.15) is 0 Å². The second-order valence-electron chi connectivity index (χ2n) is 6.96. The van der Waals surface area contributed by atoms with Crippen molar-refractivity contribution in [2.45, 2.75) is 12.5 Å². The first-order valence-corrected chi connectivity index (χ1v) is 9.31. The second kappa shape index (κ2) is 7.73. The number of carbonyl (C=O) groups is 2. The average Bonchev–Trinajstić information content (AvgIpc) is 3.12. The monoisotopic (exact) mass is 359 g/mol. The molecular weight excluding hydrogens is 334 g/mol. The topological polar surface area (TPSA) is 62.3 Å². The number of para-hydroxylation sites is 1. The number of morpholine rings is 2. The number of carbonyl (C=O) groups excluding carboxylic acids is 2. The van der Waals surface area contributed by atoms with Crippen LogP contribution in [0.2, 0.25) is 0 Å². The summed E-state index contributed by atoms with van der Waals surface area (Å²) >= 11 is 0. The molecule has 0 N–H and O–H groups in total. The maximum atomic E-state index is 12.8. The molecule has 0 saturated carbocycles. The molecule has 26 heavy (non-hydrogen) atoms. The number of fused-ring (bicyclic) bond motifs is 1. The van der Waals surface area contributed by atoms with E-state index in [0.717, 1.165) is 18.7 Å². The van der Waals surface area contributed by atoms with Crippen molar-refractivity contribution in [3.8, 4) is 0 Å². The minimum atomic E-state index is -0.486. The van der Waals surface area contributed by atoms with Gasteiger partial charge in [-0.1, -0.05) is 18.2 Å². The van der Waals surface area contributed by atoms with Gasteiger partial charge in [0.1, 0.15) is 6.10 Å². The van der Waals surface area contributed by atoms with Crippen LogP contribution in [-0.4, -0.2) is 86.8 Å². The maximum absolute atomic E-state index is 12.8. The molecule has 2 saturated heterocycles. The van der Waals surface area contributed by atoms with Gasteiger partial charge in [0.25, 0.3) is 5.91 Å². The molecule has 0 aliphatic carbocycles. The summed E-state index contributed by atoms with van der Waals surface area (Å²) in [6.45, 7) is 5.06. The molecule has 2 fully saturated rings. The quantitative estimate of drug-likeness (QED) is 0.768. The molecule has 0 radical (unpaired) electrons. The standard InChI is InChI=1S/C19H25N3O4/c23-18(22-6-5-15-3-1-2-4-16(15)22)14-20-7-12-26-17(13-20)19(24)21-8-10-25-11-9-21/h1-4,17H,5-14H2. The van der Waals surface area contributed by atoms with E-state index in [4.69, 9.17) is 9.47 Å². The third-order valence-electron chi connectivity index (χ3n) is 5.30. The molecule has 1 aromatic carbocycles. The van der Waals surface area contributed by atoms with Gasteiger partial charge in [0.05, 0.1) is 26.4 Å². The van der Waals surface area contributed by atoms with E-state index in [0.29, 0.717) is 52.5 Å². The lowest BCUT2D eigenvalue weighted by Crippen LogP contribution is -2.54. The molecule has 7 heteroatoms. The van der Waals surface area contributed by atoms with Crippen molar-refractivity contribution >= 4 is 17.5 Å². The third kappa shape index (κ3) is 3.60. The van der Waals surface area contributed by atoms with Gasteiger partial charge in [-0.15, -0.1) is 0 Å². The Labute approximate surface area is 153 Å². The molecule has 0 spiro atoms. The molecule has 4 rings (SSSR count). The Balaban J connectivity index is 1.35. The Hall–Kier alpha value is -1.96. The minimum absolute atomic E-state index is 0.0111. The van der Waals surface area contributed by atoms with Crippen LogP contribution in [0.25, 0.3) is 0 Å². The molecule has 7 nitrogen and oxygen atoms in total. The number of rotatable bonds is 3. The molecule has 3 aliphatic rings. The van der Waals surface area contributed by atoms with Gasteiger partial charge in [0.15, 0.2) is 0 Å². The largest absolute Gasteiger partial charge is 0.378 e. The van der Waals surface area contributed by atoms with Crippen LogP contribution in [0.3, 0.4) is 0 Å². The molecule has 1 aromatic rings. The number of ether oxygens (including phenoxy) is 2. The number of anilines is 1. The van der Waals surface area contributed by atoms with Crippen LogP contribution in [0.5, 0.6) is 0 Å². The number of nitrogens with zero attached hydrogens (tertiary/aromatic N) is 3. The first-order chi connectivity index (χ1) is 12.7. The number of hydrogen-bond donors (Lipinski definition) is 0. The number of hydrogen-bond acceptors (Lipinski definition) is 5. The maximum Gasteiger partial charge on any atom is 0.253 e. The lowest BCUT2D eigenvalue weighted by molar-refractivity contribution is -0.154. The Kier molecular flexibility index (Phi) is 5.19. The van der Waals surface area contributed by atoms with Crippen LogP contribution in [-0.2, 0) is 25.5 Å². The van der Waals surface area contributed by atoms with E-state index in [1.165, 1.54) is 5.56 Å². The van der Waals surface area contributed by atoms with Crippen LogP contribution >= 0.6 is 0 Å². The Morgan fingerprint density at radius 3 is 2.69 bits per heavy atom. The number of amides is 2. The van der Waals surface area contributed by atoms with Crippen molar-refractivity contribution in [2.24, 2.45) is 0 Å². The van der Waals surface area contributed by atoms with Crippen molar-refractivity contribution in [1.82, 2.24) is 9.80 Å². The highest BCUT2D eigenvalue weighted by Gasteiger charge is 2.33. The molecule has 3 aliphatic heterocycles. The van der Waals surface area contributed by atoms with E-state index in [-0.39, 0.29) is 11.8 Å². The normalized spacial score (nSPS) is 23.8. The third-order valence-corrected chi connectivity index (χ3v) is 5.30. The predicted molar refractivity (Wildman–Crippen MR) is 96.1 cm³/mol. The molecule has 140 valence electrons. The highest BCUT2D eigenvalue weighted by Crippen LogP contribution is 2.27. The molecule has 1 unspecified atom stereocenters. The predicted octanol–water partition coefficient (Wildman–Crippen LogP) is 0.135. The lowest BCUT2D eigenvalue weighted by Gasteiger charge is -2.36. The number of benzene rings is 1. The van der Waals surface area contributed by atoms with Crippen LogP contribution in [0.15, 0.2) is 24.3 Å². The van der Waals surface area contributed by atoms with Crippen LogP contribution < -0.4 is 4.90 Å². The SMILES string of the molecule is O=C(C1CN(CC(=O)N2CCc3ccccc32)CCO1)N1CCOCC1. The highest BCUT2D eigenvalue weighted by molar-refractivity contribution is 5.96. The fourth-order valence-corrected chi connectivity index (χ4v) is 3.86. The summed E-state index contributed by atoms with van der Waals surface area (Å²) < 4.78 is 11.0. The Morgan fingerprint density at radius 1 is 1.04 bits per heavy atom. The van der Waals surface area contributed by atoms with Crippen molar-refractivity contribution in [1.29, 1.82) is 0 Å². The summed E-state index contributed by atoms with van der Waals surface area (Å²) in [5, 5.41) is 0. The van der Waals surface area contributed by atoms with Gasteiger partial charge < -0.3 is 19.3 Å². The van der Waals surface area contributed by atoms with E-state index in [2.05, 4.69) is 6.07 Å². The summed E-state index contributed by atoms with van der Waals surface area (Å²) in [5.74, 6) is 0.103. The van der Waals surface area contributed by atoms with Crippen molar-refractivity contribution in [2.75, 3.05) is 64.0 Å².